The van der Waals surface area contributed by atoms with Crippen molar-refractivity contribution in [3.8, 4) is 0 Å². The van der Waals surface area contributed by atoms with Gasteiger partial charge < -0.3 is 10.1 Å². The Morgan fingerprint density at radius 1 is 1.39 bits per heavy atom. The third kappa shape index (κ3) is 4.56. The topological polar surface area (TPSA) is 21.3 Å². The van der Waals surface area contributed by atoms with Crippen molar-refractivity contribution in [1.82, 2.24) is 5.32 Å². The maximum absolute atomic E-state index is 13.5. The minimum absolute atomic E-state index is 0.182. The third-order valence-electron chi connectivity index (χ3n) is 3.04. The SMILES string of the molecule is Fc1c(Cl)cccc1CNCCCOCC1CC1. The molecule has 18 heavy (non-hydrogen) atoms. The third-order valence-corrected chi connectivity index (χ3v) is 3.33. The van der Waals surface area contributed by atoms with Gasteiger partial charge in [0.15, 0.2) is 0 Å². The Labute approximate surface area is 112 Å². The summed E-state index contributed by atoms with van der Waals surface area (Å²) in [6.07, 6.45) is 3.60. The summed E-state index contributed by atoms with van der Waals surface area (Å²) in [6.45, 7) is 3.02. The van der Waals surface area contributed by atoms with Gasteiger partial charge in [-0.3, -0.25) is 0 Å². The fourth-order valence-corrected chi connectivity index (χ4v) is 1.94. The zero-order valence-corrected chi connectivity index (χ0v) is 11.2. The molecule has 0 aliphatic heterocycles. The maximum atomic E-state index is 13.5. The van der Waals surface area contributed by atoms with Crippen molar-refractivity contribution in [2.24, 2.45) is 5.92 Å². The molecular weight excluding hydrogens is 253 g/mol. The van der Waals surface area contributed by atoms with Crippen molar-refractivity contribution < 1.29 is 9.13 Å². The van der Waals surface area contributed by atoms with Crippen molar-refractivity contribution in [3.05, 3.63) is 34.6 Å². The van der Waals surface area contributed by atoms with Gasteiger partial charge in [0.2, 0.25) is 0 Å². The molecule has 2 nitrogen and oxygen atoms in total. The van der Waals surface area contributed by atoms with E-state index in [0.717, 1.165) is 32.1 Å². The van der Waals surface area contributed by atoms with Gasteiger partial charge in [-0.25, -0.2) is 4.39 Å². The molecule has 1 aliphatic rings. The molecule has 1 aromatic rings. The van der Waals surface area contributed by atoms with E-state index in [4.69, 9.17) is 16.3 Å². The van der Waals surface area contributed by atoms with Gasteiger partial charge in [0, 0.05) is 25.3 Å². The number of rotatable bonds is 8. The largest absolute Gasteiger partial charge is 0.381 e. The molecule has 4 heteroatoms. The van der Waals surface area contributed by atoms with E-state index >= 15 is 0 Å². The molecule has 100 valence electrons. The van der Waals surface area contributed by atoms with E-state index in [9.17, 15) is 4.39 Å². The van der Waals surface area contributed by atoms with Gasteiger partial charge in [0.25, 0.3) is 0 Å². The Kier molecular flexibility index (Phi) is 5.42. The van der Waals surface area contributed by atoms with Gasteiger partial charge in [0.1, 0.15) is 5.82 Å². The van der Waals surface area contributed by atoms with Crippen LogP contribution < -0.4 is 5.32 Å². The first-order valence-corrected chi connectivity index (χ1v) is 6.86. The quantitative estimate of drug-likeness (QED) is 0.732. The van der Waals surface area contributed by atoms with Crippen molar-refractivity contribution in [3.63, 3.8) is 0 Å². The molecule has 0 unspecified atom stereocenters. The Balaban J connectivity index is 1.55. The van der Waals surface area contributed by atoms with Crippen LogP contribution in [0.5, 0.6) is 0 Å². The van der Waals surface area contributed by atoms with E-state index in [0.29, 0.717) is 12.1 Å². The first-order chi connectivity index (χ1) is 8.77. The number of hydrogen-bond acceptors (Lipinski definition) is 2. The molecule has 0 atom stereocenters. The molecule has 0 amide bonds. The second-order valence-corrected chi connectivity index (χ2v) is 5.17. The van der Waals surface area contributed by atoms with Crippen LogP contribution in [0.25, 0.3) is 0 Å². The molecular formula is C14H19ClFNO. The molecule has 1 saturated carbocycles. The van der Waals surface area contributed by atoms with Gasteiger partial charge in [-0.2, -0.15) is 0 Å². The lowest BCUT2D eigenvalue weighted by atomic mass is 10.2. The van der Waals surface area contributed by atoms with Gasteiger partial charge >= 0.3 is 0 Å². The van der Waals surface area contributed by atoms with Crippen LogP contribution in [-0.4, -0.2) is 19.8 Å². The standard InChI is InChI=1S/C14H19ClFNO/c15-13-4-1-3-12(14(13)16)9-17-7-2-8-18-10-11-5-6-11/h1,3-4,11,17H,2,5-10H2. The molecule has 2 rings (SSSR count). The summed E-state index contributed by atoms with van der Waals surface area (Å²) in [4.78, 5) is 0. The Bertz CT molecular complexity index is 382. The van der Waals surface area contributed by atoms with Crippen LogP contribution in [0.4, 0.5) is 4.39 Å². The molecule has 0 heterocycles. The highest BCUT2D eigenvalue weighted by molar-refractivity contribution is 6.30. The summed E-state index contributed by atoms with van der Waals surface area (Å²) >= 11 is 5.71. The van der Waals surface area contributed by atoms with Crippen LogP contribution in [0.15, 0.2) is 18.2 Å². The zero-order valence-electron chi connectivity index (χ0n) is 10.4. The van der Waals surface area contributed by atoms with Gasteiger partial charge in [0.05, 0.1) is 5.02 Å². The summed E-state index contributed by atoms with van der Waals surface area (Å²) in [5, 5.41) is 3.38. The maximum Gasteiger partial charge on any atom is 0.146 e. The smallest absolute Gasteiger partial charge is 0.146 e. The van der Waals surface area contributed by atoms with Crippen molar-refractivity contribution in [2.45, 2.75) is 25.8 Å². The number of ether oxygens (including phenoxy) is 1. The first-order valence-electron chi connectivity index (χ1n) is 6.48. The van der Waals surface area contributed by atoms with Crippen LogP contribution >= 0.6 is 11.6 Å². The van der Waals surface area contributed by atoms with E-state index < -0.39 is 0 Å². The molecule has 0 bridgehead atoms. The van der Waals surface area contributed by atoms with Crippen LogP contribution in [0.2, 0.25) is 5.02 Å². The Morgan fingerprint density at radius 3 is 3.00 bits per heavy atom. The van der Waals surface area contributed by atoms with Crippen LogP contribution in [-0.2, 0) is 11.3 Å². The highest BCUT2D eigenvalue weighted by atomic mass is 35.5. The monoisotopic (exact) mass is 271 g/mol. The van der Waals surface area contributed by atoms with Gasteiger partial charge in [-0.15, -0.1) is 0 Å². The van der Waals surface area contributed by atoms with E-state index in [1.807, 2.05) is 0 Å². The van der Waals surface area contributed by atoms with Crippen molar-refractivity contribution in [1.29, 1.82) is 0 Å². The Hall–Kier alpha value is -0.640. The minimum Gasteiger partial charge on any atom is -0.381 e. The zero-order chi connectivity index (χ0) is 12.8. The number of hydrogen-bond donors (Lipinski definition) is 1. The van der Waals surface area contributed by atoms with Crippen LogP contribution in [0.1, 0.15) is 24.8 Å². The number of nitrogens with one attached hydrogen (secondary N) is 1. The molecule has 1 aromatic carbocycles. The van der Waals surface area contributed by atoms with Crippen molar-refractivity contribution in [2.75, 3.05) is 19.8 Å². The lowest BCUT2D eigenvalue weighted by molar-refractivity contribution is 0.122. The molecule has 0 spiro atoms. The normalized spacial score (nSPS) is 15.0. The summed E-state index contributed by atoms with van der Waals surface area (Å²) in [7, 11) is 0. The van der Waals surface area contributed by atoms with Crippen LogP contribution in [0, 0.1) is 11.7 Å². The molecule has 1 N–H and O–H groups in total. The van der Waals surface area contributed by atoms with E-state index in [1.54, 1.807) is 18.2 Å². The molecule has 0 aromatic heterocycles. The molecule has 1 fully saturated rings. The second-order valence-electron chi connectivity index (χ2n) is 4.76. The molecule has 1 aliphatic carbocycles. The summed E-state index contributed by atoms with van der Waals surface area (Å²) in [5.41, 5.74) is 0.612. The number of halogens is 2. The fourth-order valence-electron chi connectivity index (χ4n) is 1.74. The lowest BCUT2D eigenvalue weighted by Gasteiger charge is -2.07. The first kappa shape index (κ1) is 13.8. The number of benzene rings is 1. The highest BCUT2D eigenvalue weighted by Crippen LogP contribution is 2.28. The average Bonchev–Trinajstić information content (AvgIpc) is 3.17. The summed E-state index contributed by atoms with van der Waals surface area (Å²) < 4.78 is 19.0. The van der Waals surface area contributed by atoms with Crippen LogP contribution in [0.3, 0.4) is 0 Å². The minimum atomic E-state index is -0.323. The average molecular weight is 272 g/mol. The lowest BCUT2D eigenvalue weighted by Crippen LogP contribution is -2.17. The van der Waals surface area contributed by atoms with E-state index in [-0.39, 0.29) is 10.8 Å². The second kappa shape index (κ2) is 7.07. The summed E-state index contributed by atoms with van der Waals surface area (Å²) in [5.74, 6) is 0.496. The van der Waals surface area contributed by atoms with Gasteiger partial charge in [-0.1, -0.05) is 23.7 Å². The van der Waals surface area contributed by atoms with Crippen molar-refractivity contribution >= 4 is 11.6 Å². The van der Waals surface area contributed by atoms with Gasteiger partial charge in [-0.05, 0) is 37.8 Å². The molecule has 0 saturated heterocycles. The van der Waals surface area contributed by atoms with E-state index in [2.05, 4.69) is 5.32 Å². The fraction of sp³-hybridized carbons (Fsp3) is 0.571. The molecule has 0 radical (unpaired) electrons. The Morgan fingerprint density at radius 2 is 2.22 bits per heavy atom. The summed E-state index contributed by atoms with van der Waals surface area (Å²) in [6, 6.07) is 5.07. The predicted molar refractivity (Wildman–Crippen MR) is 71.3 cm³/mol. The predicted octanol–water partition coefficient (Wildman–Crippen LogP) is 3.39. The highest BCUT2D eigenvalue weighted by Gasteiger charge is 2.20. The van der Waals surface area contributed by atoms with E-state index in [1.165, 1.54) is 12.8 Å².